The molecule has 0 unspecified atom stereocenters. The molecular weight excluding hydrogens is 416 g/mol. The van der Waals surface area contributed by atoms with E-state index < -0.39 is 36.1 Å². The summed E-state index contributed by atoms with van der Waals surface area (Å²) in [6.07, 6.45) is -0.884. The van der Waals surface area contributed by atoms with E-state index in [4.69, 9.17) is 65.4 Å². The van der Waals surface area contributed by atoms with Crippen LogP contribution in [0.4, 0.5) is 0 Å². The van der Waals surface area contributed by atoms with Crippen LogP contribution in [-0.4, -0.2) is 114 Å². The van der Waals surface area contributed by atoms with Gasteiger partial charge in [0.2, 0.25) is 0 Å². The molecule has 0 amide bonds. The first-order valence-corrected chi connectivity index (χ1v) is 8.19. The van der Waals surface area contributed by atoms with Gasteiger partial charge in [0.05, 0.1) is 26.4 Å². The van der Waals surface area contributed by atoms with E-state index in [9.17, 15) is 4.79 Å². The smallest absolute Gasteiger partial charge is 0.303 e. The fraction of sp³-hybridized carbons (Fsp3) is 0.750. The standard InChI is InChI=1S/C4H8O2.2C3H8O3.3C2H4O2/c1-2-3-4(5)6;2*4-1-3(6)2-5;3*1-2(3)4/h2-3H2,1H3,(H,5,6);2*3-6H,1-2H2;3*1H3,(H,3,4). The number of carboxylic acid groups (broad SMARTS) is 4. The third-order valence-electron chi connectivity index (χ3n) is 1.31. The Hall–Kier alpha value is -2.36. The van der Waals surface area contributed by atoms with Gasteiger partial charge in [-0.2, -0.15) is 0 Å². The van der Waals surface area contributed by atoms with Gasteiger partial charge in [-0.15, -0.1) is 0 Å². The zero-order valence-corrected chi connectivity index (χ0v) is 17.5. The van der Waals surface area contributed by atoms with Crippen LogP contribution in [-0.2, 0) is 19.2 Å². The fourth-order valence-corrected chi connectivity index (χ4v) is 0.329. The van der Waals surface area contributed by atoms with Gasteiger partial charge >= 0.3 is 5.97 Å². The SMILES string of the molecule is CC(=O)O.CC(=O)O.CC(=O)O.CCCC(=O)O.OCC(O)CO.OCC(O)CO. The average Bonchev–Trinajstić information content (AvgIpc) is 2.59. The van der Waals surface area contributed by atoms with Crippen molar-refractivity contribution in [2.24, 2.45) is 0 Å². The summed E-state index contributed by atoms with van der Waals surface area (Å²) < 4.78 is 0. The molecule has 0 rings (SSSR count). The Morgan fingerprint density at radius 1 is 0.600 bits per heavy atom. The molecule has 0 aromatic heterocycles. The maximum Gasteiger partial charge on any atom is 0.303 e. The van der Waals surface area contributed by atoms with Crippen molar-refractivity contribution < 1.29 is 70.2 Å². The second-order valence-corrected chi connectivity index (χ2v) is 4.74. The molecule has 0 aliphatic rings. The molecule has 14 nitrogen and oxygen atoms in total. The largest absolute Gasteiger partial charge is 0.481 e. The van der Waals surface area contributed by atoms with Gasteiger partial charge in [-0.1, -0.05) is 6.92 Å². The first-order valence-electron chi connectivity index (χ1n) is 8.19. The predicted molar refractivity (Wildman–Crippen MR) is 103 cm³/mol. The van der Waals surface area contributed by atoms with Crippen LogP contribution in [0.3, 0.4) is 0 Å². The van der Waals surface area contributed by atoms with Gasteiger partial charge in [0.25, 0.3) is 17.9 Å². The highest BCUT2D eigenvalue weighted by Gasteiger charge is 1.94. The molecule has 14 heteroatoms. The van der Waals surface area contributed by atoms with Crippen LogP contribution in [0.1, 0.15) is 40.5 Å². The van der Waals surface area contributed by atoms with Gasteiger partial charge in [0.15, 0.2) is 0 Å². The molecular formula is C16H36O14. The van der Waals surface area contributed by atoms with Crippen molar-refractivity contribution in [2.75, 3.05) is 26.4 Å². The van der Waals surface area contributed by atoms with Gasteiger partial charge in [-0.3, -0.25) is 19.2 Å². The van der Waals surface area contributed by atoms with Crippen LogP contribution >= 0.6 is 0 Å². The number of rotatable bonds is 6. The molecule has 10 N–H and O–H groups in total. The van der Waals surface area contributed by atoms with E-state index in [1.807, 2.05) is 6.92 Å². The molecule has 0 fully saturated rings. The number of hydrogen-bond donors (Lipinski definition) is 10. The minimum absolute atomic E-state index is 0.292. The van der Waals surface area contributed by atoms with E-state index in [0.717, 1.165) is 27.2 Å². The van der Waals surface area contributed by atoms with Gasteiger partial charge in [-0.05, 0) is 6.42 Å². The van der Waals surface area contributed by atoms with Gasteiger partial charge in [-0.25, -0.2) is 0 Å². The minimum atomic E-state index is -0.954. The van der Waals surface area contributed by atoms with Crippen LogP contribution in [0.25, 0.3) is 0 Å². The highest BCUT2D eigenvalue weighted by Crippen LogP contribution is 1.82. The van der Waals surface area contributed by atoms with Gasteiger partial charge < -0.3 is 51.1 Å². The quantitative estimate of drug-likeness (QED) is 0.205. The molecule has 30 heavy (non-hydrogen) atoms. The van der Waals surface area contributed by atoms with Crippen LogP contribution < -0.4 is 0 Å². The topological polar surface area (TPSA) is 271 Å². The molecule has 0 radical (unpaired) electrons. The van der Waals surface area contributed by atoms with Crippen molar-refractivity contribution in [3.8, 4) is 0 Å². The normalized spacial score (nSPS) is 8.13. The number of hydrogen-bond acceptors (Lipinski definition) is 10. The predicted octanol–water partition coefficient (Wildman–Crippen LogP) is -2.19. The van der Waals surface area contributed by atoms with Gasteiger partial charge in [0, 0.05) is 27.2 Å². The number of carbonyl (C=O) groups is 4. The lowest BCUT2D eigenvalue weighted by Crippen LogP contribution is -2.15. The Morgan fingerprint density at radius 3 is 0.767 bits per heavy atom. The Bertz CT molecular complexity index is 328. The van der Waals surface area contributed by atoms with E-state index in [2.05, 4.69) is 0 Å². The van der Waals surface area contributed by atoms with Crippen molar-refractivity contribution in [3.05, 3.63) is 0 Å². The molecule has 0 saturated carbocycles. The lowest BCUT2D eigenvalue weighted by atomic mass is 10.4. The maximum absolute atomic E-state index is 9.60. The number of carboxylic acids is 4. The lowest BCUT2D eigenvalue weighted by molar-refractivity contribution is -0.137. The Labute approximate surface area is 174 Å². The second-order valence-electron chi connectivity index (χ2n) is 4.74. The molecule has 0 aliphatic heterocycles. The van der Waals surface area contributed by atoms with Crippen LogP contribution in [0.2, 0.25) is 0 Å². The zero-order valence-electron chi connectivity index (χ0n) is 17.5. The molecule has 0 spiro atoms. The molecule has 0 bridgehead atoms. The Morgan fingerprint density at radius 2 is 0.767 bits per heavy atom. The molecule has 0 aromatic carbocycles. The summed E-state index contributed by atoms with van der Waals surface area (Å²) in [5, 5.41) is 78.2. The first-order chi connectivity index (χ1) is 13.6. The van der Waals surface area contributed by atoms with Crippen molar-refractivity contribution in [1.29, 1.82) is 0 Å². The molecule has 0 aromatic rings. The zero-order chi connectivity index (χ0) is 25.7. The maximum atomic E-state index is 9.60. The summed E-state index contributed by atoms with van der Waals surface area (Å²) in [5.74, 6) is -3.21. The first kappa shape index (κ1) is 41.9. The Balaban J connectivity index is -0.0000000583. The summed E-state index contributed by atoms with van der Waals surface area (Å²) >= 11 is 0. The molecule has 0 aliphatic carbocycles. The van der Waals surface area contributed by atoms with E-state index in [0.29, 0.717) is 6.42 Å². The van der Waals surface area contributed by atoms with E-state index in [1.165, 1.54) is 0 Å². The van der Waals surface area contributed by atoms with Crippen molar-refractivity contribution in [3.63, 3.8) is 0 Å². The highest BCUT2D eigenvalue weighted by atomic mass is 16.4. The minimum Gasteiger partial charge on any atom is -0.481 e. The van der Waals surface area contributed by atoms with Gasteiger partial charge in [0.1, 0.15) is 12.2 Å². The number of aliphatic hydroxyl groups excluding tert-OH is 6. The van der Waals surface area contributed by atoms with Crippen LogP contribution in [0, 0.1) is 0 Å². The summed E-state index contributed by atoms with van der Waals surface area (Å²) in [4.78, 5) is 36.6. The van der Waals surface area contributed by atoms with Crippen molar-refractivity contribution >= 4 is 23.9 Å². The summed E-state index contributed by atoms with van der Waals surface area (Å²) in [6.45, 7) is 3.63. The summed E-state index contributed by atoms with van der Waals surface area (Å²) in [7, 11) is 0. The molecule has 0 heterocycles. The third-order valence-corrected chi connectivity index (χ3v) is 1.31. The highest BCUT2D eigenvalue weighted by molar-refractivity contribution is 5.66. The van der Waals surface area contributed by atoms with E-state index in [-0.39, 0.29) is 26.4 Å². The average molecular weight is 452 g/mol. The van der Waals surface area contributed by atoms with Crippen molar-refractivity contribution in [1.82, 2.24) is 0 Å². The van der Waals surface area contributed by atoms with Crippen LogP contribution in [0.5, 0.6) is 0 Å². The van der Waals surface area contributed by atoms with Crippen LogP contribution in [0.15, 0.2) is 0 Å². The summed E-state index contributed by atoms with van der Waals surface area (Å²) in [5.41, 5.74) is 0. The summed E-state index contributed by atoms with van der Waals surface area (Å²) in [6, 6.07) is 0. The fourth-order valence-electron chi connectivity index (χ4n) is 0.329. The number of aliphatic hydroxyl groups is 6. The van der Waals surface area contributed by atoms with E-state index >= 15 is 0 Å². The molecule has 0 saturated heterocycles. The number of aliphatic carboxylic acids is 4. The van der Waals surface area contributed by atoms with Crippen molar-refractivity contribution in [2.45, 2.75) is 52.7 Å². The Kier molecular flexibility index (Phi) is 52.2. The molecule has 0 atom stereocenters. The third kappa shape index (κ3) is 209. The molecule has 184 valence electrons. The lowest BCUT2D eigenvalue weighted by Gasteiger charge is -1.96. The second kappa shape index (κ2) is 37.4. The monoisotopic (exact) mass is 452 g/mol. The van der Waals surface area contributed by atoms with E-state index in [1.54, 1.807) is 0 Å².